The molecule has 172 valence electrons. The maximum Gasteiger partial charge on any atom is 0.299 e. The quantitative estimate of drug-likeness (QED) is 0.293. The number of nitrogens with one attached hydrogen (secondary N) is 3. The second kappa shape index (κ2) is 10.7. The lowest BCUT2D eigenvalue weighted by Gasteiger charge is -2.11. The molecule has 10 heteroatoms. The summed E-state index contributed by atoms with van der Waals surface area (Å²) < 4.78 is 30.4. The number of nitrogens with zero attached hydrogens (tertiary/aromatic N) is 3. The van der Waals surface area contributed by atoms with Crippen molar-refractivity contribution in [2.75, 3.05) is 11.3 Å². The number of hydrogen-bond acceptors (Lipinski definition) is 6. The molecule has 1 aromatic carbocycles. The topological polar surface area (TPSA) is 113 Å². The van der Waals surface area contributed by atoms with Crippen molar-refractivity contribution >= 4 is 27.2 Å². The third kappa shape index (κ3) is 6.04. The molecule has 3 N–H and O–H groups in total. The van der Waals surface area contributed by atoms with Gasteiger partial charge in [-0.15, -0.1) is 11.3 Å². The Balaban J connectivity index is 1.45. The van der Waals surface area contributed by atoms with Gasteiger partial charge in [0.2, 0.25) is 0 Å². The summed E-state index contributed by atoms with van der Waals surface area (Å²) >= 11 is 1.58. The molecule has 0 radical (unpaired) electrons. The third-order valence-corrected chi connectivity index (χ3v) is 7.10. The lowest BCUT2D eigenvalue weighted by molar-refractivity contribution is 0.587. The van der Waals surface area contributed by atoms with E-state index in [0.29, 0.717) is 17.8 Å². The van der Waals surface area contributed by atoms with Crippen molar-refractivity contribution in [2.24, 2.45) is 0 Å². The first-order chi connectivity index (χ1) is 16.1. The number of hydrogen-bond donors (Lipinski definition) is 3. The van der Waals surface area contributed by atoms with Crippen LogP contribution >= 0.6 is 11.3 Å². The zero-order chi connectivity index (χ0) is 23.1. The highest BCUT2D eigenvalue weighted by molar-refractivity contribution is 7.90. The van der Waals surface area contributed by atoms with Crippen molar-refractivity contribution in [3.63, 3.8) is 0 Å². The van der Waals surface area contributed by atoms with Gasteiger partial charge in [0.1, 0.15) is 11.4 Å². The molecule has 0 bridgehead atoms. The first-order valence-electron chi connectivity index (χ1n) is 10.8. The van der Waals surface area contributed by atoms with Crippen LogP contribution in [0.5, 0.6) is 0 Å². The van der Waals surface area contributed by atoms with Gasteiger partial charge in [0.15, 0.2) is 0 Å². The molecule has 0 aliphatic rings. The van der Waals surface area contributed by atoms with Gasteiger partial charge >= 0.3 is 0 Å². The molecular weight excluding hydrogens is 456 g/mol. The molecule has 8 nitrogen and oxygen atoms in total. The van der Waals surface area contributed by atoms with Gasteiger partial charge in [-0.25, -0.2) is 0 Å². The molecule has 0 aliphatic carbocycles. The Bertz CT molecular complexity index is 1250. The number of thiophene rings is 1. The highest BCUT2D eigenvalue weighted by Gasteiger charge is 2.19. The Hall–Kier alpha value is -3.08. The van der Waals surface area contributed by atoms with Gasteiger partial charge in [-0.05, 0) is 48.4 Å². The van der Waals surface area contributed by atoms with Crippen LogP contribution in [0.25, 0.3) is 22.0 Å². The lowest BCUT2D eigenvalue weighted by Crippen LogP contribution is -2.31. The van der Waals surface area contributed by atoms with Gasteiger partial charge in [0, 0.05) is 30.2 Å². The predicted molar refractivity (Wildman–Crippen MR) is 132 cm³/mol. The van der Waals surface area contributed by atoms with E-state index in [1.54, 1.807) is 42.1 Å². The molecule has 4 rings (SSSR count). The maximum absolute atomic E-state index is 12.6. The largest absolute Gasteiger partial charge is 0.299 e. The first kappa shape index (κ1) is 23.1. The second-order valence-corrected chi connectivity index (χ2v) is 9.99. The molecule has 0 atom stereocenters. The van der Waals surface area contributed by atoms with E-state index in [1.807, 2.05) is 29.6 Å². The Morgan fingerprint density at radius 2 is 1.94 bits per heavy atom. The van der Waals surface area contributed by atoms with Crippen molar-refractivity contribution < 1.29 is 8.42 Å². The molecule has 0 unspecified atom stereocenters. The van der Waals surface area contributed by atoms with E-state index in [1.165, 1.54) is 5.56 Å². The molecule has 0 aliphatic heterocycles. The zero-order valence-electron chi connectivity index (χ0n) is 18.3. The van der Waals surface area contributed by atoms with Crippen LogP contribution in [0.15, 0.2) is 60.4 Å². The van der Waals surface area contributed by atoms with E-state index in [2.05, 4.69) is 36.5 Å². The number of aromatic amines is 1. The monoisotopic (exact) mass is 482 g/mol. The van der Waals surface area contributed by atoms with Crippen molar-refractivity contribution in [3.05, 3.63) is 71.5 Å². The van der Waals surface area contributed by atoms with Crippen LogP contribution in [0.1, 0.15) is 30.9 Å². The number of rotatable bonds is 11. The summed E-state index contributed by atoms with van der Waals surface area (Å²) in [6, 6.07) is 11.4. The SMILES string of the molecule is CCCCc1ccc(NS(=O)(=O)NCCc2c(-c3cccs3)n[nH]c2-c2cnccn2)cc1. The third-order valence-electron chi connectivity index (χ3n) is 5.13. The number of aryl methyl sites for hydroxylation is 1. The number of H-pyrrole nitrogens is 1. The minimum Gasteiger partial charge on any atom is -0.275 e. The fourth-order valence-corrected chi connectivity index (χ4v) is 5.12. The molecule has 3 aromatic heterocycles. The van der Waals surface area contributed by atoms with Crippen molar-refractivity contribution in [1.29, 1.82) is 0 Å². The number of aromatic nitrogens is 4. The van der Waals surface area contributed by atoms with Crippen LogP contribution in [0.4, 0.5) is 5.69 Å². The first-order valence-corrected chi connectivity index (χ1v) is 13.2. The Kier molecular flexibility index (Phi) is 7.48. The summed E-state index contributed by atoms with van der Waals surface area (Å²) in [5.74, 6) is 0. The van der Waals surface area contributed by atoms with Crippen LogP contribution in [0, 0.1) is 0 Å². The molecule has 4 aromatic rings. The van der Waals surface area contributed by atoms with Crippen molar-refractivity contribution in [2.45, 2.75) is 32.6 Å². The highest BCUT2D eigenvalue weighted by Crippen LogP contribution is 2.32. The Morgan fingerprint density at radius 1 is 1.09 bits per heavy atom. The maximum atomic E-state index is 12.6. The van der Waals surface area contributed by atoms with Crippen LogP contribution in [-0.2, 0) is 23.1 Å². The average Bonchev–Trinajstić information content (AvgIpc) is 3.49. The minimum atomic E-state index is -3.72. The smallest absolute Gasteiger partial charge is 0.275 e. The predicted octanol–water partition coefficient (Wildman–Crippen LogP) is 4.43. The van der Waals surface area contributed by atoms with Gasteiger partial charge in [0.05, 0.1) is 16.8 Å². The summed E-state index contributed by atoms with van der Waals surface area (Å²) in [7, 11) is -3.72. The minimum absolute atomic E-state index is 0.203. The van der Waals surface area contributed by atoms with Crippen LogP contribution in [0.2, 0.25) is 0 Å². The van der Waals surface area contributed by atoms with E-state index in [4.69, 9.17) is 0 Å². The van der Waals surface area contributed by atoms with Crippen molar-refractivity contribution in [3.8, 4) is 22.0 Å². The van der Waals surface area contributed by atoms with Gasteiger partial charge < -0.3 is 0 Å². The number of anilines is 1. The zero-order valence-corrected chi connectivity index (χ0v) is 19.9. The molecular formula is C23H26N6O2S2. The van der Waals surface area contributed by atoms with Crippen LogP contribution in [-0.4, -0.2) is 35.1 Å². The van der Waals surface area contributed by atoms with Gasteiger partial charge in [-0.1, -0.05) is 31.5 Å². The molecule has 0 saturated carbocycles. The molecule has 0 amide bonds. The second-order valence-electron chi connectivity index (χ2n) is 7.54. The van der Waals surface area contributed by atoms with E-state index < -0.39 is 10.2 Å². The van der Waals surface area contributed by atoms with Gasteiger partial charge in [-0.3, -0.25) is 19.8 Å². The average molecular weight is 483 g/mol. The summed E-state index contributed by atoms with van der Waals surface area (Å²) in [6.07, 6.45) is 8.55. The van der Waals surface area contributed by atoms with E-state index >= 15 is 0 Å². The normalized spacial score (nSPS) is 11.5. The lowest BCUT2D eigenvalue weighted by atomic mass is 10.1. The van der Waals surface area contributed by atoms with Crippen LogP contribution in [0.3, 0.4) is 0 Å². The van der Waals surface area contributed by atoms with E-state index in [0.717, 1.165) is 41.1 Å². The highest BCUT2D eigenvalue weighted by atomic mass is 32.2. The van der Waals surface area contributed by atoms with E-state index in [9.17, 15) is 8.42 Å². The fourth-order valence-electron chi connectivity index (χ4n) is 3.49. The van der Waals surface area contributed by atoms with Gasteiger partial charge in [-0.2, -0.15) is 18.2 Å². The van der Waals surface area contributed by atoms with Crippen LogP contribution < -0.4 is 9.44 Å². The molecule has 33 heavy (non-hydrogen) atoms. The Morgan fingerprint density at radius 3 is 2.64 bits per heavy atom. The van der Waals surface area contributed by atoms with Crippen molar-refractivity contribution in [1.82, 2.24) is 24.9 Å². The number of unbranched alkanes of at least 4 members (excludes halogenated alkanes) is 1. The Labute approximate surface area is 197 Å². The molecule has 0 saturated heterocycles. The molecule has 0 spiro atoms. The standard InChI is InChI=1S/C23H26N6O2S2/c1-2-3-5-17-7-9-18(10-8-17)29-33(30,31)26-12-11-19-22(20-16-24-13-14-25-20)27-28-23(19)21-6-4-15-32-21/h4,6-10,13-16,26,29H,2-3,5,11-12H2,1H3,(H,27,28). The summed E-state index contributed by atoms with van der Waals surface area (Å²) in [4.78, 5) is 9.50. The summed E-state index contributed by atoms with van der Waals surface area (Å²) in [5, 5.41) is 9.50. The van der Waals surface area contributed by atoms with E-state index in [-0.39, 0.29) is 6.54 Å². The molecule has 0 fully saturated rings. The number of benzene rings is 1. The fraction of sp³-hybridized carbons (Fsp3) is 0.261. The van der Waals surface area contributed by atoms with Gasteiger partial charge in [0.25, 0.3) is 10.2 Å². The molecule has 3 heterocycles. The summed E-state index contributed by atoms with van der Waals surface area (Å²) in [6.45, 7) is 2.35. The summed E-state index contributed by atoms with van der Waals surface area (Å²) in [5.41, 5.74) is 4.81.